The summed E-state index contributed by atoms with van der Waals surface area (Å²) in [5, 5.41) is 10.8. The third-order valence-electron chi connectivity index (χ3n) is 6.46. The Hall–Kier alpha value is -3.53. The minimum absolute atomic E-state index is 0.863. The Bertz CT molecular complexity index is 1350. The highest BCUT2D eigenvalue weighted by Gasteiger charge is 2.16. The molecule has 4 rings (SSSR count). The Kier molecular flexibility index (Phi) is 6.83. The number of allylic oxidation sites excluding steroid dienone is 7. The first-order chi connectivity index (χ1) is 16.0. The van der Waals surface area contributed by atoms with E-state index in [0.29, 0.717) is 0 Å². The normalized spacial score (nSPS) is 16.6. The second-order valence-corrected chi connectivity index (χ2v) is 8.79. The van der Waals surface area contributed by atoms with Crippen LogP contribution in [0.1, 0.15) is 40.0 Å². The number of anilines is 1. The molecule has 0 bridgehead atoms. The van der Waals surface area contributed by atoms with E-state index in [4.69, 9.17) is 0 Å². The van der Waals surface area contributed by atoms with Crippen LogP contribution in [0.5, 0.6) is 0 Å². The van der Waals surface area contributed by atoms with Crippen molar-refractivity contribution in [2.45, 2.75) is 40.0 Å². The minimum Gasteiger partial charge on any atom is -0.371 e. The van der Waals surface area contributed by atoms with Crippen LogP contribution in [0.2, 0.25) is 0 Å². The van der Waals surface area contributed by atoms with Gasteiger partial charge in [-0.1, -0.05) is 49.1 Å². The molecule has 1 aromatic carbocycles. The number of piperidine rings is 1. The van der Waals surface area contributed by atoms with E-state index in [0.717, 1.165) is 46.1 Å². The lowest BCUT2D eigenvalue weighted by Gasteiger charge is -2.29. The fourth-order valence-corrected chi connectivity index (χ4v) is 4.45. The number of aromatic nitrogens is 3. The summed E-state index contributed by atoms with van der Waals surface area (Å²) >= 11 is 0. The number of nitrogens with zero attached hydrogens (tertiary/aromatic N) is 2. The Morgan fingerprint density at radius 3 is 2.67 bits per heavy atom. The van der Waals surface area contributed by atoms with Crippen molar-refractivity contribution < 1.29 is 0 Å². The number of hydrogen-bond donors (Lipinski definition) is 2. The molecule has 3 heterocycles. The standard InChI is InChI=1S/C29H34N4/c1-6-20(3)18-23(7-2)21(4)14-15-25-22(5)29(32-31-25)27-19-24-26(30-27)12-11-13-28(24)33-16-9-8-10-17-33/h6-7,11-15,18-19,30-31H,1,5,8-10,16-17H2,2-4H3/b20-18-,21-14+,23-7+,25-15+. The van der Waals surface area contributed by atoms with Crippen molar-refractivity contribution in [3.63, 3.8) is 0 Å². The van der Waals surface area contributed by atoms with Gasteiger partial charge in [-0.2, -0.15) is 5.10 Å². The molecule has 0 aliphatic carbocycles. The van der Waals surface area contributed by atoms with Crippen LogP contribution in [-0.2, 0) is 0 Å². The van der Waals surface area contributed by atoms with Crippen LogP contribution in [0, 0.1) is 0 Å². The van der Waals surface area contributed by atoms with Crippen LogP contribution in [-0.4, -0.2) is 28.3 Å². The van der Waals surface area contributed by atoms with Crippen molar-refractivity contribution in [2.75, 3.05) is 18.0 Å². The van der Waals surface area contributed by atoms with Gasteiger partial charge in [-0.15, -0.1) is 0 Å². The lowest BCUT2D eigenvalue weighted by atomic mass is 10.0. The maximum absolute atomic E-state index is 4.60. The van der Waals surface area contributed by atoms with Gasteiger partial charge in [0, 0.05) is 34.9 Å². The van der Waals surface area contributed by atoms with Crippen molar-refractivity contribution in [3.8, 4) is 11.4 Å². The lowest BCUT2D eigenvalue weighted by Crippen LogP contribution is -2.29. The van der Waals surface area contributed by atoms with Crippen LogP contribution in [0.25, 0.3) is 34.9 Å². The van der Waals surface area contributed by atoms with Gasteiger partial charge in [-0.05, 0) is 75.5 Å². The molecular weight excluding hydrogens is 404 g/mol. The SMILES string of the molecule is C=C\C(C)=C/C(=C\C)C(/C)=C/C=c1/[nH]nc(-c2cc3c(N4CCCCC4)cccc3[nH]2)c1=C. The predicted molar refractivity (Wildman–Crippen MR) is 143 cm³/mol. The molecule has 1 aliphatic heterocycles. The smallest absolute Gasteiger partial charge is 0.116 e. The van der Waals surface area contributed by atoms with Crippen molar-refractivity contribution in [1.29, 1.82) is 0 Å². The number of rotatable bonds is 6. The predicted octanol–water partition coefficient (Wildman–Crippen LogP) is 5.76. The van der Waals surface area contributed by atoms with E-state index in [1.807, 2.05) is 6.08 Å². The number of benzene rings is 1. The van der Waals surface area contributed by atoms with E-state index in [1.54, 1.807) is 0 Å². The Morgan fingerprint density at radius 1 is 1.15 bits per heavy atom. The molecule has 170 valence electrons. The summed E-state index contributed by atoms with van der Waals surface area (Å²) in [6.07, 6.45) is 14.1. The number of hydrogen-bond acceptors (Lipinski definition) is 2. The molecule has 4 nitrogen and oxygen atoms in total. The minimum atomic E-state index is 0.863. The molecule has 33 heavy (non-hydrogen) atoms. The van der Waals surface area contributed by atoms with Crippen molar-refractivity contribution >= 4 is 29.2 Å². The van der Waals surface area contributed by atoms with Crippen LogP contribution in [0.3, 0.4) is 0 Å². The second-order valence-electron chi connectivity index (χ2n) is 8.79. The molecule has 0 atom stereocenters. The molecule has 2 N–H and O–H groups in total. The molecule has 0 saturated carbocycles. The zero-order valence-electron chi connectivity index (χ0n) is 20.0. The Morgan fingerprint density at radius 2 is 1.94 bits per heavy atom. The molecule has 1 fully saturated rings. The number of nitrogens with one attached hydrogen (secondary N) is 2. The highest BCUT2D eigenvalue weighted by Crippen LogP contribution is 2.31. The lowest BCUT2D eigenvalue weighted by molar-refractivity contribution is 0.579. The van der Waals surface area contributed by atoms with E-state index in [-0.39, 0.29) is 0 Å². The quantitative estimate of drug-likeness (QED) is 0.481. The number of H-pyrrole nitrogens is 2. The van der Waals surface area contributed by atoms with Gasteiger partial charge >= 0.3 is 0 Å². The first kappa shape index (κ1) is 22.7. The highest BCUT2D eigenvalue weighted by atomic mass is 15.1. The molecule has 0 amide bonds. The van der Waals surface area contributed by atoms with Crippen LogP contribution in [0.4, 0.5) is 5.69 Å². The second kappa shape index (κ2) is 9.95. The molecule has 3 aromatic rings. The summed E-state index contributed by atoms with van der Waals surface area (Å²) in [4.78, 5) is 6.07. The first-order valence-corrected chi connectivity index (χ1v) is 11.8. The van der Waals surface area contributed by atoms with Gasteiger partial charge in [0.2, 0.25) is 0 Å². The van der Waals surface area contributed by atoms with Gasteiger partial charge in [0.1, 0.15) is 5.69 Å². The largest absolute Gasteiger partial charge is 0.371 e. The third kappa shape index (κ3) is 4.80. The highest BCUT2D eigenvalue weighted by molar-refractivity contribution is 5.96. The van der Waals surface area contributed by atoms with Gasteiger partial charge in [-0.25, -0.2) is 0 Å². The maximum atomic E-state index is 4.60. The van der Waals surface area contributed by atoms with Crippen molar-refractivity contribution in [3.05, 3.63) is 82.4 Å². The van der Waals surface area contributed by atoms with Gasteiger partial charge in [0.15, 0.2) is 0 Å². The van der Waals surface area contributed by atoms with E-state index >= 15 is 0 Å². The van der Waals surface area contributed by atoms with E-state index in [9.17, 15) is 0 Å². The fraction of sp³-hybridized carbons (Fsp3) is 0.276. The summed E-state index contributed by atoms with van der Waals surface area (Å²) < 4.78 is 0. The molecule has 1 saturated heterocycles. The third-order valence-corrected chi connectivity index (χ3v) is 6.46. The topological polar surface area (TPSA) is 47.7 Å². The summed E-state index contributed by atoms with van der Waals surface area (Å²) in [6.45, 7) is 16.6. The molecule has 0 radical (unpaired) electrons. The fourth-order valence-electron chi connectivity index (χ4n) is 4.45. The molecule has 0 unspecified atom stereocenters. The number of fused-ring (bicyclic) bond motifs is 1. The van der Waals surface area contributed by atoms with Crippen LogP contribution in [0.15, 0.2) is 71.9 Å². The zero-order valence-corrected chi connectivity index (χ0v) is 20.0. The van der Waals surface area contributed by atoms with Gasteiger partial charge < -0.3 is 9.88 Å². The average Bonchev–Trinajstić information content (AvgIpc) is 3.44. The van der Waals surface area contributed by atoms with Crippen LogP contribution < -0.4 is 15.5 Å². The summed E-state index contributed by atoms with van der Waals surface area (Å²) in [7, 11) is 0. The summed E-state index contributed by atoms with van der Waals surface area (Å²) in [6, 6.07) is 8.72. The summed E-state index contributed by atoms with van der Waals surface area (Å²) in [5.41, 5.74) is 7.79. The molecule has 0 spiro atoms. The van der Waals surface area contributed by atoms with Gasteiger partial charge in [0.25, 0.3) is 0 Å². The summed E-state index contributed by atoms with van der Waals surface area (Å²) in [5.74, 6) is 0. The van der Waals surface area contributed by atoms with Crippen LogP contribution >= 0.6 is 0 Å². The van der Waals surface area contributed by atoms with E-state index in [2.05, 4.69) is 103 Å². The van der Waals surface area contributed by atoms with Crippen molar-refractivity contribution in [2.24, 2.45) is 0 Å². The van der Waals surface area contributed by atoms with Gasteiger partial charge in [0.05, 0.1) is 11.0 Å². The monoisotopic (exact) mass is 438 g/mol. The maximum Gasteiger partial charge on any atom is 0.116 e. The Balaban J connectivity index is 1.68. The Labute approximate surface area is 196 Å². The first-order valence-electron chi connectivity index (χ1n) is 11.8. The van der Waals surface area contributed by atoms with E-state index < -0.39 is 0 Å². The zero-order chi connectivity index (χ0) is 23.4. The number of aromatic amines is 2. The molecular formula is C29H34N4. The molecule has 2 aromatic heterocycles. The van der Waals surface area contributed by atoms with E-state index in [1.165, 1.54) is 41.5 Å². The molecule has 1 aliphatic rings. The average molecular weight is 439 g/mol. The molecule has 4 heteroatoms. The van der Waals surface area contributed by atoms with Crippen molar-refractivity contribution in [1.82, 2.24) is 15.2 Å². The van der Waals surface area contributed by atoms with Gasteiger partial charge in [-0.3, -0.25) is 5.10 Å².